The number of hydrogen-bond acceptors (Lipinski definition) is 4. The van der Waals surface area contributed by atoms with Crippen LogP contribution in [-0.4, -0.2) is 15.0 Å². The average molecular weight is 261 g/mol. The van der Waals surface area contributed by atoms with E-state index in [0.717, 1.165) is 0 Å². The number of nitrogens with zero attached hydrogens (tertiary/aromatic N) is 4. The number of halogens is 1. The summed E-state index contributed by atoms with van der Waals surface area (Å²) >= 11 is 3.25. The Kier molecular flexibility index (Phi) is 2.70. The van der Waals surface area contributed by atoms with E-state index in [1.165, 1.54) is 6.33 Å². The van der Waals surface area contributed by atoms with E-state index >= 15 is 0 Å². The maximum atomic E-state index is 8.71. The monoisotopic (exact) mass is 260 g/mol. The third-order valence-electron chi connectivity index (χ3n) is 1.76. The minimum atomic E-state index is 0.377. The molecule has 4 nitrogen and oxygen atoms in total. The SMILES string of the molecule is N#Cc1cccc(-c2cc(Br)ncn2)n1. The first-order chi connectivity index (χ1) is 7.29. The lowest BCUT2D eigenvalue weighted by Crippen LogP contribution is -1.90. The Hall–Kier alpha value is -1.80. The highest BCUT2D eigenvalue weighted by Gasteiger charge is 2.02. The van der Waals surface area contributed by atoms with E-state index in [0.29, 0.717) is 21.7 Å². The van der Waals surface area contributed by atoms with Crippen LogP contribution in [-0.2, 0) is 0 Å². The summed E-state index contributed by atoms with van der Waals surface area (Å²) in [6.45, 7) is 0. The lowest BCUT2D eigenvalue weighted by molar-refractivity contribution is 1.12. The van der Waals surface area contributed by atoms with Gasteiger partial charge in [-0.2, -0.15) is 5.26 Å². The average Bonchev–Trinajstić information content (AvgIpc) is 2.29. The van der Waals surface area contributed by atoms with E-state index in [4.69, 9.17) is 5.26 Å². The molecule has 2 aromatic heterocycles. The van der Waals surface area contributed by atoms with Gasteiger partial charge in [-0.3, -0.25) is 0 Å². The summed E-state index contributed by atoms with van der Waals surface area (Å²) in [7, 11) is 0. The van der Waals surface area contributed by atoms with Crippen molar-refractivity contribution in [1.82, 2.24) is 15.0 Å². The molecule has 0 aliphatic rings. The summed E-state index contributed by atoms with van der Waals surface area (Å²) in [6.07, 6.45) is 1.44. The molecule has 0 bridgehead atoms. The van der Waals surface area contributed by atoms with Crippen molar-refractivity contribution in [1.29, 1.82) is 5.26 Å². The van der Waals surface area contributed by atoms with Gasteiger partial charge in [0.1, 0.15) is 22.7 Å². The highest BCUT2D eigenvalue weighted by molar-refractivity contribution is 9.10. The molecule has 72 valence electrons. The molecule has 0 radical (unpaired) electrons. The molecule has 0 fully saturated rings. The fraction of sp³-hybridized carbons (Fsp3) is 0. The fourth-order valence-electron chi connectivity index (χ4n) is 1.11. The first-order valence-electron chi connectivity index (χ1n) is 4.14. The second kappa shape index (κ2) is 4.15. The van der Waals surface area contributed by atoms with Gasteiger partial charge in [0.25, 0.3) is 0 Å². The molecule has 15 heavy (non-hydrogen) atoms. The second-order valence-electron chi connectivity index (χ2n) is 2.75. The third kappa shape index (κ3) is 2.17. The van der Waals surface area contributed by atoms with Crippen molar-refractivity contribution < 1.29 is 0 Å². The molecule has 0 aliphatic heterocycles. The van der Waals surface area contributed by atoms with E-state index in [2.05, 4.69) is 30.9 Å². The van der Waals surface area contributed by atoms with Crippen molar-refractivity contribution in [3.8, 4) is 17.5 Å². The molecule has 0 amide bonds. The standard InChI is InChI=1S/C10H5BrN4/c11-10-4-9(13-6-14-10)8-3-1-2-7(5-12)15-8/h1-4,6H. The van der Waals surface area contributed by atoms with Gasteiger partial charge in [0.05, 0.1) is 11.4 Å². The normalized spacial score (nSPS) is 9.60. The van der Waals surface area contributed by atoms with Gasteiger partial charge < -0.3 is 0 Å². The quantitative estimate of drug-likeness (QED) is 0.738. The van der Waals surface area contributed by atoms with Crippen LogP contribution >= 0.6 is 15.9 Å². The van der Waals surface area contributed by atoms with Gasteiger partial charge in [-0.1, -0.05) is 6.07 Å². The Labute approximate surface area is 94.8 Å². The minimum absolute atomic E-state index is 0.377. The summed E-state index contributed by atoms with van der Waals surface area (Å²) in [5, 5.41) is 8.71. The van der Waals surface area contributed by atoms with Gasteiger partial charge in [0.2, 0.25) is 0 Å². The zero-order valence-electron chi connectivity index (χ0n) is 7.55. The molecule has 2 rings (SSSR count). The first kappa shape index (κ1) is 9.74. The lowest BCUT2D eigenvalue weighted by Gasteiger charge is -1.99. The maximum Gasteiger partial charge on any atom is 0.141 e. The van der Waals surface area contributed by atoms with Gasteiger partial charge in [0.15, 0.2) is 0 Å². The van der Waals surface area contributed by atoms with Crippen molar-refractivity contribution in [2.45, 2.75) is 0 Å². The molecule has 0 spiro atoms. The van der Waals surface area contributed by atoms with E-state index in [1.54, 1.807) is 24.3 Å². The number of pyridine rings is 1. The molecular weight excluding hydrogens is 256 g/mol. The number of nitriles is 1. The van der Waals surface area contributed by atoms with Gasteiger partial charge >= 0.3 is 0 Å². The zero-order valence-corrected chi connectivity index (χ0v) is 9.14. The Morgan fingerprint density at radius 3 is 2.80 bits per heavy atom. The van der Waals surface area contributed by atoms with Crippen LogP contribution < -0.4 is 0 Å². The Morgan fingerprint density at radius 2 is 2.07 bits per heavy atom. The van der Waals surface area contributed by atoms with E-state index < -0.39 is 0 Å². The summed E-state index contributed by atoms with van der Waals surface area (Å²) in [4.78, 5) is 12.1. The lowest BCUT2D eigenvalue weighted by atomic mass is 10.2. The molecule has 0 aliphatic carbocycles. The van der Waals surface area contributed by atoms with Crippen molar-refractivity contribution in [2.75, 3.05) is 0 Å². The highest BCUT2D eigenvalue weighted by Crippen LogP contribution is 2.16. The molecule has 0 saturated carbocycles. The van der Waals surface area contributed by atoms with Crippen LogP contribution in [0, 0.1) is 11.3 Å². The summed E-state index contributed by atoms with van der Waals surface area (Å²) in [5.41, 5.74) is 1.73. The Morgan fingerprint density at radius 1 is 1.20 bits per heavy atom. The topological polar surface area (TPSA) is 62.5 Å². The van der Waals surface area contributed by atoms with Crippen LogP contribution in [0.2, 0.25) is 0 Å². The molecule has 5 heteroatoms. The second-order valence-corrected chi connectivity index (χ2v) is 3.56. The molecule has 2 aromatic rings. The number of rotatable bonds is 1. The van der Waals surface area contributed by atoms with Crippen molar-refractivity contribution in [3.05, 3.63) is 40.9 Å². The molecule has 0 saturated heterocycles. The Bertz CT molecular complexity index is 533. The van der Waals surface area contributed by atoms with Gasteiger partial charge in [-0.25, -0.2) is 15.0 Å². The van der Waals surface area contributed by atoms with Gasteiger partial charge in [-0.15, -0.1) is 0 Å². The van der Waals surface area contributed by atoms with Crippen LogP contribution in [0.1, 0.15) is 5.69 Å². The third-order valence-corrected chi connectivity index (χ3v) is 2.19. The predicted octanol–water partition coefficient (Wildman–Crippen LogP) is 2.17. The van der Waals surface area contributed by atoms with Crippen LogP contribution in [0.4, 0.5) is 0 Å². The van der Waals surface area contributed by atoms with E-state index in [1.807, 2.05) is 6.07 Å². The van der Waals surface area contributed by atoms with Crippen LogP contribution in [0.3, 0.4) is 0 Å². The summed E-state index contributed by atoms with van der Waals surface area (Å²) in [6, 6.07) is 8.97. The molecule has 2 heterocycles. The van der Waals surface area contributed by atoms with Crippen LogP contribution in [0.5, 0.6) is 0 Å². The molecule has 0 unspecified atom stereocenters. The minimum Gasteiger partial charge on any atom is -0.235 e. The summed E-state index contributed by atoms with van der Waals surface area (Å²) in [5.74, 6) is 0. The van der Waals surface area contributed by atoms with Crippen LogP contribution in [0.25, 0.3) is 11.4 Å². The molecule has 0 aromatic carbocycles. The predicted molar refractivity (Wildman–Crippen MR) is 57.7 cm³/mol. The number of hydrogen-bond donors (Lipinski definition) is 0. The van der Waals surface area contributed by atoms with E-state index in [9.17, 15) is 0 Å². The number of aromatic nitrogens is 3. The molecule has 0 N–H and O–H groups in total. The van der Waals surface area contributed by atoms with Crippen molar-refractivity contribution >= 4 is 15.9 Å². The van der Waals surface area contributed by atoms with Crippen molar-refractivity contribution in [3.63, 3.8) is 0 Å². The molecule has 0 atom stereocenters. The zero-order chi connectivity index (χ0) is 10.7. The molecular formula is C10H5BrN4. The van der Waals surface area contributed by atoms with E-state index in [-0.39, 0.29) is 0 Å². The maximum absolute atomic E-state index is 8.71. The van der Waals surface area contributed by atoms with Gasteiger partial charge in [0, 0.05) is 0 Å². The largest absolute Gasteiger partial charge is 0.235 e. The highest BCUT2D eigenvalue weighted by atomic mass is 79.9. The first-order valence-corrected chi connectivity index (χ1v) is 4.94. The van der Waals surface area contributed by atoms with Crippen molar-refractivity contribution in [2.24, 2.45) is 0 Å². The van der Waals surface area contributed by atoms with Gasteiger partial charge in [-0.05, 0) is 34.1 Å². The smallest absolute Gasteiger partial charge is 0.141 e. The van der Waals surface area contributed by atoms with Crippen LogP contribution in [0.15, 0.2) is 35.2 Å². The Balaban J connectivity index is 2.50. The fourth-order valence-corrected chi connectivity index (χ4v) is 1.42. The summed E-state index contributed by atoms with van der Waals surface area (Å²) < 4.78 is 0.691.